The Balaban J connectivity index is 1.64. The van der Waals surface area contributed by atoms with Crippen LogP contribution in [0.1, 0.15) is 57.6 Å². The number of carbonyl (C=O) groups excluding carboxylic acids is 1. The summed E-state index contributed by atoms with van der Waals surface area (Å²) in [5, 5.41) is 3.33. The molecule has 1 amide bonds. The summed E-state index contributed by atoms with van der Waals surface area (Å²) < 4.78 is 5.92. The number of unbranched alkanes of at least 4 members (excludes halogenated alkanes) is 2. The summed E-state index contributed by atoms with van der Waals surface area (Å²) in [4.78, 5) is 14.8. The molecule has 0 bridgehead atoms. The Labute approximate surface area is 179 Å². The molecule has 158 valence electrons. The molecule has 1 saturated heterocycles. The predicted octanol–water partition coefficient (Wildman–Crippen LogP) is 5.28. The van der Waals surface area contributed by atoms with Gasteiger partial charge in [-0.2, -0.15) is 0 Å². The molecular weight excluding hydrogens is 372 g/mol. The highest BCUT2D eigenvalue weighted by Crippen LogP contribution is 2.52. The van der Waals surface area contributed by atoms with Gasteiger partial charge in [0, 0.05) is 24.1 Å². The first kappa shape index (κ1) is 20.5. The number of nitrogens with zero attached hydrogens (tertiary/aromatic N) is 1. The zero-order valence-corrected chi connectivity index (χ0v) is 18.3. The lowest BCUT2D eigenvalue weighted by Gasteiger charge is -2.49. The Hall–Kier alpha value is -2.75. The van der Waals surface area contributed by atoms with Crippen LogP contribution in [0.15, 0.2) is 54.6 Å². The van der Waals surface area contributed by atoms with E-state index in [0.717, 1.165) is 30.9 Å². The highest BCUT2D eigenvalue weighted by molar-refractivity contribution is 5.84. The maximum Gasteiger partial charge on any atom is 0.223 e. The molecule has 2 aromatic carbocycles. The Morgan fingerprint density at radius 3 is 2.80 bits per heavy atom. The van der Waals surface area contributed by atoms with Gasteiger partial charge in [0.25, 0.3) is 0 Å². The molecule has 4 nitrogen and oxygen atoms in total. The SMILES string of the molecule is CCCCCOc1cccc(/C=C/[C@]23NC(=O)CCN2c2ccccc2C3(C)C)c1. The van der Waals surface area contributed by atoms with Crippen LogP contribution in [0.25, 0.3) is 6.08 Å². The number of amides is 1. The molecule has 1 fully saturated rings. The Bertz CT molecular complexity index is 950. The molecule has 0 radical (unpaired) electrons. The molecule has 0 saturated carbocycles. The number of ether oxygens (including phenoxy) is 1. The number of nitrogens with one attached hydrogen (secondary N) is 1. The van der Waals surface area contributed by atoms with E-state index in [1.165, 1.54) is 24.1 Å². The first-order chi connectivity index (χ1) is 14.5. The van der Waals surface area contributed by atoms with Crippen LogP contribution in [-0.4, -0.2) is 24.7 Å². The quantitative estimate of drug-likeness (QED) is 0.638. The van der Waals surface area contributed by atoms with Crippen LogP contribution in [0, 0.1) is 0 Å². The van der Waals surface area contributed by atoms with Gasteiger partial charge in [-0.1, -0.05) is 70.0 Å². The third-order valence-electron chi connectivity index (χ3n) is 6.53. The van der Waals surface area contributed by atoms with Crippen LogP contribution >= 0.6 is 0 Å². The van der Waals surface area contributed by atoms with Crippen molar-refractivity contribution in [1.29, 1.82) is 0 Å². The molecule has 4 rings (SSSR count). The average Bonchev–Trinajstić information content (AvgIpc) is 2.94. The van der Waals surface area contributed by atoms with E-state index >= 15 is 0 Å². The van der Waals surface area contributed by atoms with Crippen molar-refractivity contribution in [2.24, 2.45) is 0 Å². The van der Waals surface area contributed by atoms with Crippen molar-refractivity contribution >= 4 is 17.7 Å². The fraction of sp³-hybridized carbons (Fsp3) is 0.423. The van der Waals surface area contributed by atoms with Crippen molar-refractivity contribution in [2.75, 3.05) is 18.1 Å². The molecule has 0 aromatic heterocycles. The van der Waals surface area contributed by atoms with Crippen LogP contribution in [0.2, 0.25) is 0 Å². The number of anilines is 1. The van der Waals surface area contributed by atoms with Gasteiger partial charge in [0.05, 0.1) is 6.61 Å². The zero-order valence-electron chi connectivity index (χ0n) is 18.3. The molecule has 2 aliphatic rings. The van der Waals surface area contributed by atoms with Gasteiger partial charge >= 0.3 is 0 Å². The third kappa shape index (κ3) is 3.49. The van der Waals surface area contributed by atoms with Gasteiger partial charge in [0.2, 0.25) is 5.91 Å². The lowest BCUT2D eigenvalue weighted by molar-refractivity contribution is -0.124. The fourth-order valence-electron chi connectivity index (χ4n) is 4.79. The smallest absolute Gasteiger partial charge is 0.223 e. The van der Waals surface area contributed by atoms with Gasteiger partial charge in [-0.15, -0.1) is 0 Å². The number of hydrogen-bond donors (Lipinski definition) is 1. The van der Waals surface area contributed by atoms with E-state index in [0.29, 0.717) is 6.42 Å². The molecule has 4 heteroatoms. The molecule has 2 aliphatic heterocycles. The van der Waals surface area contributed by atoms with Crippen LogP contribution in [0.4, 0.5) is 5.69 Å². The van der Waals surface area contributed by atoms with Crippen molar-refractivity contribution in [3.63, 3.8) is 0 Å². The van der Waals surface area contributed by atoms with Gasteiger partial charge in [0.15, 0.2) is 0 Å². The Kier molecular flexibility index (Phi) is 5.59. The van der Waals surface area contributed by atoms with E-state index in [1.54, 1.807) is 0 Å². The largest absolute Gasteiger partial charge is 0.494 e. The first-order valence-electron chi connectivity index (χ1n) is 11.1. The first-order valence-corrected chi connectivity index (χ1v) is 11.1. The molecular formula is C26H32N2O2. The van der Waals surface area contributed by atoms with E-state index in [2.05, 4.69) is 79.5 Å². The van der Waals surface area contributed by atoms with Gasteiger partial charge in [-0.3, -0.25) is 4.79 Å². The van der Waals surface area contributed by atoms with Gasteiger partial charge < -0.3 is 15.0 Å². The molecule has 2 aromatic rings. The van der Waals surface area contributed by atoms with Gasteiger partial charge in [0.1, 0.15) is 11.4 Å². The molecule has 2 heterocycles. The van der Waals surface area contributed by atoms with Crippen LogP contribution in [-0.2, 0) is 10.2 Å². The summed E-state index contributed by atoms with van der Waals surface area (Å²) in [7, 11) is 0. The maximum absolute atomic E-state index is 12.5. The summed E-state index contributed by atoms with van der Waals surface area (Å²) in [5.41, 5.74) is 2.71. The van der Waals surface area contributed by atoms with Gasteiger partial charge in [-0.05, 0) is 41.8 Å². The van der Waals surface area contributed by atoms with Crippen molar-refractivity contribution in [2.45, 2.75) is 57.5 Å². The van der Waals surface area contributed by atoms with Crippen molar-refractivity contribution in [3.8, 4) is 5.75 Å². The maximum atomic E-state index is 12.5. The summed E-state index contributed by atoms with van der Waals surface area (Å²) in [6.45, 7) is 8.10. The second kappa shape index (κ2) is 8.17. The van der Waals surface area contributed by atoms with Crippen LogP contribution in [0.3, 0.4) is 0 Å². The van der Waals surface area contributed by atoms with Gasteiger partial charge in [-0.25, -0.2) is 0 Å². The summed E-state index contributed by atoms with van der Waals surface area (Å²) in [6, 6.07) is 16.7. The van der Waals surface area contributed by atoms with Crippen molar-refractivity contribution < 1.29 is 9.53 Å². The van der Waals surface area contributed by atoms with E-state index in [-0.39, 0.29) is 11.3 Å². The number of para-hydroxylation sites is 1. The Morgan fingerprint density at radius 2 is 1.97 bits per heavy atom. The second-order valence-electron chi connectivity index (χ2n) is 8.82. The lowest BCUT2D eigenvalue weighted by atomic mass is 9.74. The minimum atomic E-state index is -0.579. The van der Waals surface area contributed by atoms with Crippen LogP contribution in [0.5, 0.6) is 5.75 Å². The lowest BCUT2D eigenvalue weighted by Crippen LogP contribution is -2.68. The van der Waals surface area contributed by atoms with Crippen molar-refractivity contribution in [3.05, 3.63) is 65.7 Å². The number of hydrogen-bond acceptors (Lipinski definition) is 3. The topological polar surface area (TPSA) is 41.6 Å². The summed E-state index contributed by atoms with van der Waals surface area (Å²) >= 11 is 0. The third-order valence-corrected chi connectivity index (χ3v) is 6.53. The van der Waals surface area contributed by atoms with E-state index in [1.807, 2.05) is 12.1 Å². The summed E-state index contributed by atoms with van der Waals surface area (Å²) in [5.74, 6) is 0.994. The monoisotopic (exact) mass is 404 g/mol. The molecule has 0 aliphatic carbocycles. The zero-order chi connectivity index (χ0) is 21.2. The molecule has 30 heavy (non-hydrogen) atoms. The van der Waals surface area contributed by atoms with Crippen molar-refractivity contribution in [1.82, 2.24) is 5.32 Å². The molecule has 1 N–H and O–H groups in total. The number of carbonyl (C=O) groups is 1. The fourth-order valence-corrected chi connectivity index (χ4v) is 4.79. The van der Waals surface area contributed by atoms with E-state index < -0.39 is 5.66 Å². The second-order valence-corrected chi connectivity index (χ2v) is 8.82. The minimum Gasteiger partial charge on any atom is -0.494 e. The molecule has 0 spiro atoms. The summed E-state index contributed by atoms with van der Waals surface area (Å²) in [6.07, 6.45) is 8.25. The van der Waals surface area contributed by atoms with E-state index in [9.17, 15) is 4.79 Å². The predicted molar refractivity (Wildman–Crippen MR) is 123 cm³/mol. The number of benzene rings is 2. The Morgan fingerprint density at radius 1 is 1.13 bits per heavy atom. The molecule has 1 atom stereocenters. The number of rotatable bonds is 7. The number of fused-ring (bicyclic) bond motifs is 3. The molecule has 0 unspecified atom stereocenters. The average molecular weight is 405 g/mol. The van der Waals surface area contributed by atoms with E-state index in [4.69, 9.17) is 4.74 Å². The minimum absolute atomic E-state index is 0.102. The highest BCUT2D eigenvalue weighted by Gasteiger charge is 2.57. The standard InChI is InChI=1S/C26H32N2O2/c1-4-5-8-18-30-21-11-9-10-20(19-21)14-16-26-25(2,3)22-12-6-7-13-23(22)28(26)17-15-24(29)27-26/h6-7,9-14,16,19H,4-5,8,15,17-18H2,1-3H3,(H,27,29)/b16-14+/t26-/m0/s1. The highest BCUT2D eigenvalue weighted by atomic mass is 16.5. The van der Waals surface area contributed by atoms with Crippen LogP contribution < -0.4 is 15.0 Å². The normalized spacial score (nSPS) is 22.0.